The Bertz CT molecular complexity index is 200. The van der Waals surface area contributed by atoms with Crippen LogP contribution in [0.1, 0.15) is 26.7 Å². The zero-order valence-electron chi connectivity index (χ0n) is 8.81. The van der Waals surface area contributed by atoms with Gasteiger partial charge in [0.05, 0.1) is 5.54 Å². The van der Waals surface area contributed by atoms with Gasteiger partial charge in [0, 0.05) is 25.0 Å². The van der Waals surface area contributed by atoms with Gasteiger partial charge in [-0.1, -0.05) is 13.8 Å². The van der Waals surface area contributed by atoms with E-state index in [0.717, 1.165) is 12.8 Å². The van der Waals surface area contributed by atoms with Gasteiger partial charge in [0.1, 0.15) is 0 Å². The molecule has 3 nitrogen and oxygen atoms in total. The lowest BCUT2D eigenvalue weighted by Gasteiger charge is -2.36. The number of nitrogens with one attached hydrogen (secondary N) is 1. The Morgan fingerprint density at radius 3 is 2.50 bits per heavy atom. The van der Waals surface area contributed by atoms with Crippen LogP contribution < -0.4 is 5.32 Å². The van der Waals surface area contributed by atoms with Crippen LogP contribution in [-0.4, -0.2) is 30.5 Å². The smallest absolute Gasteiger partial charge is 0.223 e. The molecule has 1 rings (SSSR count). The van der Waals surface area contributed by atoms with Crippen LogP contribution in [0.3, 0.4) is 0 Å². The van der Waals surface area contributed by atoms with Crippen LogP contribution >= 0.6 is 11.6 Å². The highest BCUT2D eigenvalue weighted by Gasteiger charge is 2.33. The Morgan fingerprint density at radius 2 is 2.07 bits per heavy atom. The molecule has 0 radical (unpaired) electrons. The summed E-state index contributed by atoms with van der Waals surface area (Å²) < 4.78 is 5.26. The average molecular weight is 220 g/mol. The third-order valence-electron chi connectivity index (χ3n) is 2.62. The molecule has 0 bridgehead atoms. The fourth-order valence-electron chi connectivity index (χ4n) is 1.46. The van der Waals surface area contributed by atoms with Crippen molar-refractivity contribution in [2.75, 3.05) is 19.1 Å². The predicted octanol–water partition coefficient (Wildman–Crippen LogP) is 1.55. The van der Waals surface area contributed by atoms with E-state index in [1.807, 2.05) is 13.8 Å². The molecule has 1 amide bonds. The van der Waals surface area contributed by atoms with Gasteiger partial charge in [0.25, 0.3) is 0 Å². The van der Waals surface area contributed by atoms with E-state index in [0.29, 0.717) is 19.1 Å². The summed E-state index contributed by atoms with van der Waals surface area (Å²) in [7, 11) is 0. The molecule has 0 aromatic heterocycles. The number of alkyl halides is 1. The number of hydrogen-bond acceptors (Lipinski definition) is 2. The van der Waals surface area contributed by atoms with Crippen LogP contribution in [0, 0.1) is 5.92 Å². The minimum atomic E-state index is -0.235. The average Bonchev–Trinajstić information content (AvgIpc) is 2.19. The van der Waals surface area contributed by atoms with Crippen molar-refractivity contribution in [1.29, 1.82) is 0 Å². The van der Waals surface area contributed by atoms with E-state index in [9.17, 15) is 4.79 Å². The van der Waals surface area contributed by atoms with Gasteiger partial charge in [-0.3, -0.25) is 4.79 Å². The van der Waals surface area contributed by atoms with Gasteiger partial charge in [-0.05, 0) is 12.8 Å². The van der Waals surface area contributed by atoms with Gasteiger partial charge in [0.2, 0.25) is 5.91 Å². The summed E-state index contributed by atoms with van der Waals surface area (Å²) in [6.45, 7) is 5.14. The predicted molar refractivity (Wildman–Crippen MR) is 56.5 cm³/mol. The summed E-state index contributed by atoms with van der Waals surface area (Å²) in [5.74, 6) is 0.555. The van der Waals surface area contributed by atoms with Crippen molar-refractivity contribution in [1.82, 2.24) is 5.32 Å². The first-order chi connectivity index (χ1) is 6.59. The van der Waals surface area contributed by atoms with E-state index < -0.39 is 0 Å². The summed E-state index contributed by atoms with van der Waals surface area (Å²) >= 11 is 5.92. The van der Waals surface area contributed by atoms with Crippen molar-refractivity contribution >= 4 is 17.5 Å². The van der Waals surface area contributed by atoms with Gasteiger partial charge in [-0.15, -0.1) is 11.6 Å². The second-order valence-corrected chi connectivity index (χ2v) is 4.44. The molecule has 14 heavy (non-hydrogen) atoms. The van der Waals surface area contributed by atoms with E-state index in [-0.39, 0.29) is 17.4 Å². The Morgan fingerprint density at radius 1 is 1.50 bits per heavy atom. The zero-order valence-corrected chi connectivity index (χ0v) is 9.56. The number of ether oxygens (including phenoxy) is 1. The highest BCUT2D eigenvalue weighted by molar-refractivity contribution is 6.18. The third-order valence-corrected chi connectivity index (χ3v) is 3.13. The minimum Gasteiger partial charge on any atom is -0.381 e. The highest BCUT2D eigenvalue weighted by atomic mass is 35.5. The summed E-state index contributed by atoms with van der Waals surface area (Å²) in [6, 6.07) is 0. The number of carbonyl (C=O) groups excluding carboxylic acids is 1. The lowest BCUT2D eigenvalue weighted by atomic mass is 9.91. The van der Waals surface area contributed by atoms with Crippen LogP contribution in [0.2, 0.25) is 0 Å². The lowest BCUT2D eigenvalue weighted by molar-refractivity contribution is -0.126. The Balaban J connectivity index is 2.56. The molecule has 1 N–H and O–H groups in total. The molecule has 0 aliphatic carbocycles. The molecule has 82 valence electrons. The number of halogens is 1. The molecule has 1 heterocycles. The summed E-state index contributed by atoms with van der Waals surface area (Å²) in [6.07, 6.45) is 1.63. The molecule has 0 unspecified atom stereocenters. The Kier molecular flexibility index (Phi) is 4.20. The molecule has 0 aromatic carbocycles. The molecule has 1 saturated heterocycles. The summed E-state index contributed by atoms with van der Waals surface area (Å²) in [4.78, 5) is 11.6. The van der Waals surface area contributed by atoms with Crippen LogP contribution in [0.4, 0.5) is 0 Å². The number of rotatable bonds is 3. The molecule has 0 aromatic rings. The molecule has 4 heteroatoms. The second-order valence-electron chi connectivity index (χ2n) is 4.17. The summed E-state index contributed by atoms with van der Waals surface area (Å²) in [5.41, 5.74) is -0.235. The molecule has 1 fully saturated rings. The zero-order chi connectivity index (χ0) is 10.6. The minimum absolute atomic E-state index is 0.0120. The van der Waals surface area contributed by atoms with Crippen molar-refractivity contribution in [3.63, 3.8) is 0 Å². The first-order valence-corrected chi connectivity index (χ1v) is 5.59. The topological polar surface area (TPSA) is 38.3 Å². The van der Waals surface area contributed by atoms with E-state index in [1.54, 1.807) is 0 Å². The van der Waals surface area contributed by atoms with Crippen LogP contribution in [0.15, 0.2) is 0 Å². The standard InChI is InChI=1S/C10H18ClNO2/c1-8(2)9(13)12-10(7-11)3-5-14-6-4-10/h8H,3-7H2,1-2H3,(H,12,13). The number of hydrogen-bond donors (Lipinski definition) is 1. The van der Waals surface area contributed by atoms with Crippen molar-refractivity contribution in [3.05, 3.63) is 0 Å². The first kappa shape index (κ1) is 11.8. The molecule has 0 saturated carbocycles. The highest BCUT2D eigenvalue weighted by Crippen LogP contribution is 2.22. The van der Waals surface area contributed by atoms with Crippen molar-refractivity contribution < 1.29 is 9.53 Å². The van der Waals surface area contributed by atoms with Crippen LogP contribution in [0.25, 0.3) is 0 Å². The van der Waals surface area contributed by atoms with Gasteiger partial charge < -0.3 is 10.1 Å². The van der Waals surface area contributed by atoms with Gasteiger partial charge in [-0.2, -0.15) is 0 Å². The lowest BCUT2D eigenvalue weighted by Crippen LogP contribution is -2.54. The molecule has 1 aliphatic heterocycles. The second kappa shape index (κ2) is 4.99. The molecular weight excluding hydrogens is 202 g/mol. The maximum Gasteiger partial charge on any atom is 0.223 e. The SMILES string of the molecule is CC(C)C(=O)NC1(CCl)CCOCC1. The van der Waals surface area contributed by atoms with E-state index in [2.05, 4.69) is 5.32 Å². The van der Waals surface area contributed by atoms with E-state index in [4.69, 9.17) is 16.3 Å². The van der Waals surface area contributed by atoms with E-state index >= 15 is 0 Å². The van der Waals surface area contributed by atoms with Crippen molar-refractivity contribution in [3.8, 4) is 0 Å². The van der Waals surface area contributed by atoms with Gasteiger partial charge >= 0.3 is 0 Å². The van der Waals surface area contributed by atoms with Gasteiger partial charge in [-0.25, -0.2) is 0 Å². The first-order valence-electron chi connectivity index (χ1n) is 5.05. The third kappa shape index (κ3) is 2.85. The summed E-state index contributed by atoms with van der Waals surface area (Å²) in [5, 5.41) is 3.03. The van der Waals surface area contributed by atoms with Gasteiger partial charge in [0.15, 0.2) is 0 Å². The normalized spacial score (nSPS) is 20.9. The quantitative estimate of drug-likeness (QED) is 0.732. The van der Waals surface area contributed by atoms with Crippen molar-refractivity contribution in [2.24, 2.45) is 5.92 Å². The number of amides is 1. The molecular formula is C10H18ClNO2. The fraction of sp³-hybridized carbons (Fsp3) is 0.900. The maximum absolute atomic E-state index is 11.6. The van der Waals surface area contributed by atoms with Crippen LogP contribution in [-0.2, 0) is 9.53 Å². The van der Waals surface area contributed by atoms with Crippen molar-refractivity contribution in [2.45, 2.75) is 32.2 Å². The Labute approximate surface area is 90.1 Å². The monoisotopic (exact) mass is 219 g/mol. The number of carbonyl (C=O) groups is 1. The molecule has 0 spiro atoms. The van der Waals surface area contributed by atoms with Crippen LogP contribution in [0.5, 0.6) is 0 Å². The maximum atomic E-state index is 11.6. The largest absolute Gasteiger partial charge is 0.381 e. The Hall–Kier alpha value is -0.280. The van der Waals surface area contributed by atoms with E-state index in [1.165, 1.54) is 0 Å². The molecule has 0 atom stereocenters. The fourth-order valence-corrected chi connectivity index (χ4v) is 1.79. The molecule has 1 aliphatic rings.